The molecule has 1 saturated carbocycles. The maximum absolute atomic E-state index is 10.2. The van der Waals surface area contributed by atoms with E-state index in [2.05, 4.69) is 38.2 Å². The number of fused-ring (bicyclic) bond motifs is 5. The van der Waals surface area contributed by atoms with Gasteiger partial charge in [0.15, 0.2) is 0 Å². The minimum atomic E-state index is 0.0299. The molecular weight excluding hydrogens is 370 g/mol. The van der Waals surface area contributed by atoms with Crippen molar-refractivity contribution in [3.8, 4) is 22.6 Å². The van der Waals surface area contributed by atoms with Crippen LogP contribution in [0.2, 0.25) is 5.02 Å². The zero-order valence-electron chi connectivity index (χ0n) is 16.7. The topological polar surface area (TPSA) is 41.5 Å². The number of aromatic hydroxyl groups is 1. The highest BCUT2D eigenvalue weighted by atomic mass is 35.5. The predicted molar refractivity (Wildman–Crippen MR) is 115 cm³/mol. The smallest absolute Gasteiger partial charge is 0.136 e. The van der Waals surface area contributed by atoms with Gasteiger partial charge in [0.25, 0.3) is 0 Å². The van der Waals surface area contributed by atoms with Gasteiger partial charge in [-0.2, -0.15) is 0 Å². The first-order chi connectivity index (χ1) is 13.4. The average Bonchev–Trinajstić information content (AvgIpc) is 3.16. The lowest BCUT2D eigenvalue weighted by atomic mass is 9.85. The van der Waals surface area contributed by atoms with E-state index >= 15 is 0 Å². The number of nitrogens with one attached hydrogen (secondary N) is 1. The van der Waals surface area contributed by atoms with E-state index in [4.69, 9.17) is 16.3 Å². The Morgan fingerprint density at radius 3 is 2.61 bits per heavy atom. The number of hydrogen-bond acceptors (Lipinski definition) is 3. The van der Waals surface area contributed by atoms with Crippen LogP contribution < -0.4 is 20.5 Å². The lowest BCUT2D eigenvalue weighted by Crippen LogP contribution is -2.45. The van der Waals surface area contributed by atoms with Gasteiger partial charge in [-0.05, 0) is 63.8 Å². The van der Waals surface area contributed by atoms with Crippen molar-refractivity contribution in [2.45, 2.75) is 58.4 Å². The summed E-state index contributed by atoms with van der Waals surface area (Å²) in [5, 5.41) is 16.7. The SMILES string of the molecule is CC1=c2c(ccc3c2=C(C2CCCC2)Oc2ccc(O)c(Cl)c2-3)NC(C)(C)C1. The second kappa shape index (κ2) is 6.18. The van der Waals surface area contributed by atoms with Crippen molar-refractivity contribution < 1.29 is 9.84 Å². The fraction of sp³-hybridized carbons (Fsp3) is 0.417. The van der Waals surface area contributed by atoms with E-state index in [1.54, 1.807) is 6.07 Å². The van der Waals surface area contributed by atoms with Gasteiger partial charge in [-0.1, -0.05) is 36.1 Å². The summed E-state index contributed by atoms with van der Waals surface area (Å²) in [5.74, 6) is 2.36. The molecule has 2 aliphatic heterocycles. The molecule has 0 bridgehead atoms. The Balaban J connectivity index is 1.91. The van der Waals surface area contributed by atoms with Crippen LogP contribution in [0, 0.1) is 5.92 Å². The zero-order valence-corrected chi connectivity index (χ0v) is 17.4. The minimum Gasteiger partial charge on any atom is -0.506 e. The van der Waals surface area contributed by atoms with Crippen LogP contribution in [0.25, 0.3) is 22.5 Å². The van der Waals surface area contributed by atoms with Gasteiger partial charge in [0, 0.05) is 33.1 Å². The normalized spacial score (nSPS) is 20.1. The molecule has 3 nitrogen and oxygen atoms in total. The molecule has 146 valence electrons. The Morgan fingerprint density at radius 2 is 1.86 bits per heavy atom. The van der Waals surface area contributed by atoms with Crippen LogP contribution in [0.3, 0.4) is 0 Å². The van der Waals surface area contributed by atoms with E-state index in [1.807, 2.05) is 6.07 Å². The molecule has 0 radical (unpaired) electrons. The van der Waals surface area contributed by atoms with Crippen LogP contribution in [-0.4, -0.2) is 10.6 Å². The zero-order chi connectivity index (χ0) is 19.6. The van der Waals surface area contributed by atoms with Gasteiger partial charge in [-0.15, -0.1) is 0 Å². The second-order valence-corrected chi connectivity index (χ2v) is 9.47. The van der Waals surface area contributed by atoms with Crippen molar-refractivity contribution in [2.75, 3.05) is 5.32 Å². The highest BCUT2D eigenvalue weighted by Crippen LogP contribution is 2.45. The third-order valence-electron chi connectivity index (χ3n) is 6.36. The number of halogens is 1. The fourth-order valence-corrected chi connectivity index (χ4v) is 5.56. The third kappa shape index (κ3) is 2.63. The van der Waals surface area contributed by atoms with Gasteiger partial charge in [-0.25, -0.2) is 0 Å². The quantitative estimate of drug-likeness (QED) is 0.700. The lowest BCUT2D eigenvalue weighted by Gasteiger charge is -2.34. The van der Waals surface area contributed by atoms with Crippen molar-refractivity contribution in [1.82, 2.24) is 0 Å². The Morgan fingerprint density at radius 1 is 1.11 bits per heavy atom. The first kappa shape index (κ1) is 17.9. The summed E-state index contributed by atoms with van der Waals surface area (Å²) in [7, 11) is 0. The Hall–Kier alpha value is -2.13. The van der Waals surface area contributed by atoms with Crippen LogP contribution in [0.5, 0.6) is 11.5 Å². The summed E-state index contributed by atoms with van der Waals surface area (Å²) in [4.78, 5) is 0. The number of anilines is 1. The fourth-order valence-electron chi connectivity index (χ4n) is 5.30. The molecule has 2 aromatic rings. The van der Waals surface area contributed by atoms with Gasteiger partial charge in [0.1, 0.15) is 17.3 Å². The largest absolute Gasteiger partial charge is 0.506 e. The van der Waals surface area contributed by atoms with Crippen molar-refractivity contribution in [3.63, 3.8) is 0 Å². The summed E-state index contributed by atoms with van der Waals surface area (Å²) in [6.45, 7) is 6.70. The summed E-state index contributed by atoms with van der Waals surface area (Å²) in [6, 6.07) is 7.75. The van der Waals surface area contributed by atoms with Gasteiger partial charge in [-0.3, -0.25) is 0 Å². The maximum Gasteiger partial charge on any atom is 0.136 e. The van der Waals surface area contributed by atoms with Gasteiger partial charge in [0.2, 0.25) is 0 Å². The summed E-state index contributed by atoms with van der Waals surface area (Å²) in [5.41, 5.74) is 4.44. The number of phenolic OH excluding ortho intramolecular Hbond substituents is 1. The number of benzene rings is 2. The molecule has 4 heteroatoms. The summed E-state index contributed by atoms with van der Waals surface area (Å²) >= 11 is 6.55. The van der Waals surface area contributed by atoms with Crippen molar-refractivity contribution >= 4 is 28.6 Å². The van der Waals surface area contributed by atoms with E-state index in [0.717, 1.165) is 47.6 Å². The Kier molecular flexibility index (Phi) is 3.96. The van der Waals surface area contributed by atoms with Crippen molar-refractivity contribution in [2.24, 2.45) is 5.92 Å². The molecule has 0 aromatic heterocycles. The van der Waals surface area contributed by atoms with Crippen LogP contribution in [0.15, 0.2) is 24.3 Å². The predicted octanol–water partition coefficient (Wildman–Crippen LogP) is 5.17. The average molecular weight is 396 g/mol. The van der Waals surface area contributed by atoms with Crippen molar-refractivity contribution in [3.05, 3.63) is 39.7 Å². The van der Waals surface area contributed by atoms with E-state index in [-0.39, 0.29) is 11.3 Å². The van der Waals surface area contributed by atoms with E-state index < -0.39 is 0 Å². The van der Waals surface area contributed by atoms with Crippen LogP contribution in [-0.2, 0) is 0 Å². The molecule has 0 saturated heterocycles. The molecular formula is C24H26ClNO2. The molecule has 5 rings (SSSR count). The third-order valence-corrected chi connectivity index (χ3v) is 6.74. The molecule has 28 heavy (non-hydrogen) atoms. The van der Waals surface area contributed by atoms with E-state index in [0.29, 0.717) is 10.9 Å². The molecule has 2 N–H and O–H groups in total. The van der Waals surface area contributed by atoms with E-state index in [9.17, 15) is 5.11 Å². The molecule has 0 unspecified atom stereocenters. The summed E-state index contributed by atoms with van der Waals surface area (Å²) in [6.07, 6.45) is 5.81. The minimum absolute atomic E-state index is 0.0299. The molecule has 3 aliphatic rings. The Labute approximate surface area is 170 Å². The molecule has 0 atom stereocenters. The van der Waals surface area contributed by atoms with Crippen molar-refractivity contribution in [1.29, 1.82) is 0 Å². The molecule has 2 aromatic carbocycles. The van der Waals surface area contributed by atoms with Crippen LogP contribution >= 0.6 is 11.6 Å². The van der Waals surface area contributed by atoms with Gasteiger partial charge in [0.05, 0.1) is 5.02 Å². The second-order valence-electron chi connectivity index (χ2n) is 9.10. The number of ether oxygens (including phenoxy) is 1. The standard InChI is InChI=1S/C24H26ClNO2/c1-13-12-24(2,3)26-16-9-8-15-20-18(11-10-17(27)22(20)25)28-23(21(15)19(13)16)14-6-4-5-7-14/h8-11,14,26-27H,4-7,12H2,1-3H3. The maximum atomic E-state index is 10.2. The monoisotopic (exact) mass is 395 g/mol. The first-order valence-electron chi connectivity index (χ1n) is 10.2. The number of phenols is 1. The molecule has 1 fully saturated rings. The molecule has 1 aliphatic carbocycles. The number of rotatable bonds is 1. The van der Waals surface area contributed by atoms with Crippen LogP contribution in [0.1, 0.15) is 52.9 Å². The first-order valence-corrected chi connectivity index (χ1v) is 10.6. The lowest BCUT2D eigenvalue weighted by molar-refractivity contribution is 0.429. The highest BCUT2D eigenvalue weighted by Gasteiger charge is 2.32. The van der Waals surface area contributed by atoms with E-state index in [1.165, 1.54) is 28.9 Å². The summed E-state index contributed by atoms with van der Waals surface area (Å²) < 4.78 is 6.52. The Bertz CT molecular complexity index is 1110. The van der Waals surface area contributed by atoms with Gasteiger partial charge < -0.3 is 15.2 Å². The van der Waals surface area contributed by atoms with Crippen LogP contribution in [0.4, 0.5) is 5.69 Å². The highest BCUT2D eigenvalue weighted by molar-refractivity contribution is 6.35. The molecule has 2 heterocycles. The molecule has 0 amide bonds. The number of hydrogen-bond donors (Lipinski definition) is 2. The molecule has 0 spiro atoms. The van der Waals surface area contributed by atoms with Gasteiger partial charge >= 0.3 is 0 Å².